The molecule has 0 aromatic carbocycles. The Morgan fingerprint density at radius 3 is 0.825 bits per heavy atom. The van der Waals surface area contributed by atoms with E-state index in [0.29, 0.717) is 19.6 Å². The number of esters is 1. The molecule has 0 spiro atoms. The van der Waals surface area contributed by atoms with Gasteiger partial charge in [0.1, 0.15) is 6.10 Å². The van der Waals surface area contributed by atoms with E-state index in [1.165, 1.54) is 270 Å². The van der Waals surface area contributed by atoms with Crippen LogP contribution in [0.15, 0.2) is 0 Å². The number of carbonyl (C=O) groups is 1. The van der Waals surface area contributed by atoms with Crippen LogP contribution < -0.4 is 0 Å². The standard InChI is InChI=1S/C53H106O4/c1-3-5-7-9-11-13-15-17-19-21-23-25-26-27-28-30-32-34-36-38-40-42-44-46-48-53(55)57-52(50-54)51-56-49-47-45-43-41-39-37-35-33-31-29-24-22-20-18-16-14-12-10-8-6-4-2/h52,54H,3-51H2,1-2H3. The summed E-state index contributed by atoms with van der Waals surface area (Å²) in [6.07, 6.45) is 62.1. The normalized spacial score (nSPS) is 12.1. The maximum atomic E-state index is 12.3. The fourth-order valence-electron chi connectivity index (χ4n) is 8.45. The van der Waals surface area contributed by atoms with Crippen LogP contribution in [0.25, 0.3) is 0 Å². The minimum atomic E-state index is -0.526. The Hall–Kier alpha value is -0.610. The first-order valence-electron chi connectivity index (χ1n) is 26.6. The predicted molar refractivity (Wildman–Crippen MR) is 252 cm³/mol. The topological polar surface area (TPSA) is 55.8 Å². The molecule has 342 valence electrons. The molecule has 0 amide bonds. The van der Waals surface area contributed by atoms with Crippen molar-refractivity contribution in [1.82, 2.24) is 0 Å². The lowest BCUT2D eigenvalue weighted by molar-refractivity contribution is -0.154. The first-order valence-corrected chi connectivity index (χ1v) is 26.6. The molecule has 0 aliphatic heterocycles. The molecule has 0 aliphatic carbocycles. The molecule has 0 aromatic rings. The number of aliphatic hydroxyl groups excluding tert-OH is 1. The molecule has 0 aliphatic rings. The molecule has 1 unspecified atom stereocenters. The van der Waals surface area contributed by atoms with Crippen molar-refractivity contribution in [1.29, 1.82) is 0 Å². The summed E-state index contributed by atoms with van der Waals surface area (Å²) in [6.45, 7) is 5.43. The minimum absolute atomic E-state index is 0.162. The van der Waals surface area contributed by atoms with Gasteiger partial charge in [-0.2, -0.15) is 0 Å². The molecule has 0 rings (SSSR count). The zero-order chi connectivity index (χ0) is 41.2. The van der Waals surface area contributed by atoms with Crippen LogP contribution in [0.5, 0.6) is 0 Å². The number of ether oxygens (including phenoxy) is 2. The van der Waals surface area contributed by atoms with Crippen LogP contribution >= 0.6 is 0 Å². The van der Waals surface area contributed by atoms with E-state index >= 15 is 0 Å². The van der Waals surface area contributed by atoms with E-state index in [1.54, 1.807) is 0 Å². The molecule has 4 heteroatoms. The Kier molecular flexibility index (Phi) is 51.0. The van der Waals surface area contributed by atoms with Crippen molar-refractivity contribution in [2.75, 3.05) is 19.8 Å². The van der Waals surface area contributed by atoms with Crippen LogP contribution in [0.3, 0.4) is 0 Å². The van der Waals surface area contributed by atoms with Crippen molar-refractivity contribution in [3.05, 3.63) is 0 Å². The molecule has 0 saturated carbocycles. The number of rotatable bonds is 51. The molecule has 0 bridgehead atoms. The molecule has 1 atom stereocenters. The van der Waals surface area contributed by atoms with Gasteiger partial charge < -0.3 is 14.6 Å². The average molecular weight is 807 g/mol. The third kappa shape index (κ3) is 49.7. The summed E-state index contributed by atoms with van der Waals surface area (Å²) < 4.78 is 11.2. The fraction of sp³-hybridized carbons (Fsp3) is 0.981. The largest absolute Gasteiger partial charge is 0.457 e. The second kappa shape index (κ2) is 51.5. The maximum Gasteiger partial charge on any atom is 0.306 e. The summed E-state index contributed by atoms with van der Waals surface area (Å²) in [4.78, 5) is 12.3. The van der Waals surface area contributed by atoms with E-state index in [0.717, 1.165) is 19.3 Å². The monoisotopic (exact) mass is 807 g/mol. The van der Waals surface area contributed by atoms with E-state index in [2.05, 4.69) is 13.8 Å². The van der Waals surface area contributed by atoms with Crippen LogP contribution in [0.1, 0.15) is 309 Å². The highest BCUT2D eigenvalue weighted by molar-refractivity contribution is 5.69. The van der Waals surface area contributed by atoms with Crippen LogP contribution in [0, 0.1) is 0 Å². The van der Waals surface area contributed by atoms with Gasteiger partial charge in [-0.25, -0.2) is 0 Å². The average Bonchev–Trinajstić information content (AvgIpc) is 3.22. The first-order chi connectivity index (χ1) is 28.2. The molecule has 0 heterocycles. The fourth-order valence-corrected chi connectivity index (χ4v) is 8.45. The van der Waals surface area contributed by atoms with Crippen molar-refractivity contribution in [3.63, 3.8) is 0 Å². The first kappa shape index (κ1) is 56.4. The molecule has 0 radical (unpaired) electrons. The minimum Gasteiger partial charge on any atom is -0.457 e. The highest BCUT2D eigenvalue weighted by Gasteiger charge is 2.13. The van der Waals surface area contributed by atoms with Crippen LogP contribution in [-0.2, 0) is 14.3 Å². The van der Waals surface area contributed by atoms with Gasteiger partial charge in [-0.3, -0.25) is 4.79 Å². The lowest BCUT2D eigenvalue weighted by Crippen LogP contribution is -2.27. The number of hydrogen-bond acceptors (Lipinski definition) is 4. The third-order valence-electron chi connectivity index (χ3n) is 12.4. The van der Waals surface area contributed by atoms with Crippen LogP contribution in [0.4, 0.5) is 0 Å². The molecule has 1 N–H and O–H groups in total. The highest BCUT2D eigenvalue weighted by Crippen LogP contribution is 2.18. The molecule has 4 nitrogen and oxygen atoms in total. The predicted octanol–water partition coefficient (Wildman–Crippen LogP) is 17.9. The quantitative estimate of drug-likeness (QED) is 0.0491. The van der Waals surface area contributed by atoms with E-state index in [-0.39, 0.29) is 12.6 Å². The lowest BCUT2D eigenvalue weighted by Gasteiger charge is -2.16. The van der Waals surface area contributed by atoms with Crippen molar-refractivity contribution in [2.24, 2.45) is 0 Å². The summed E-state index contributed by atoms with van der Waals surface area (Å²) in [5.74, 6) is -0.189. The van der Waals surface area contributed by atoms with Crippen LogP contribution in [-0.4, -0.2) is 37.0 Å². The van der Waals surface area contributed by atoms with Crippen molar-refractivity contribution < 1.29 is 19.4 Å². The summed E-state index contributed by atoms with van der Waals surface area (Å²) in [6, 6.07) is 0. The molecule has 57 heavy (non-hydrogen) atoms. The van der Waals surface area contributed by atoms with Crippen molar-refractivity contribution in [2.45, 2.75) is 315 Å². The zero-order valence-corrected chi connectivity index (χ0v) is 39.4. The summed E-state index contributed by atoms with van der Waals surface area (Å²) in [5, 5.41) is 9.66. The molecular formula is C53H106O4. The third-order valence-corrected chi connectivity index (χ3v) is 12.4. The van der Waals surface area contributed by atoms with Gasteiger partial charge in [0.25, 0.3) is 0 Å². The zero-order valence-electron chi connectivity index (χ0n) is 39.4. The van der Waals surface area contributed by atoms with Crippen molar-refractivity contribution >= 4 is 5.97 Å². The Bertz CT molecular complexity index is 726. The second-order valence-electron chi connectivity index (χ2n) is 18.3. The Balaban J connectivity index is 3.32. The van der Waals surface area contributed by atoms with Gasteiger partial charge in [0.2, 0.25) is 0 Å². The lowest BCUT2D eigenvalue weighted by atomic mass is 10.0. The Morgan fingerprint density at radius 2 is 0.579 bits per heavy atom. The molecule has 0 aromatic heterocycles. The molecular weight excluding hydrogens is 701 g/mol. The van der Waals surface area contributed by atoms with Gasteiger partial charge >= 0.3 is 5.97 Å². The SMILES string of the molecule is CCCCCCCCCCCCCCCCCCCCCCCCCCC(=O)OC(CO)COCCCCCCCCCCCCCCCCCCCCCCC. The van der Waals surface area contributed by atoms with Gasteiger partial charge in [-0.05, 0) is 12.8 Å². The number of unbranched alkanes of at least 4 members (excludes halogenated alkanes) is 43. The van der Waals surface area contributed by atoms with Gasteiger partial charge in [-0.15, -0.1) is 0 Å². The maximum absolute atomic E-state index is 12.3. The number of carbonyl (C=O) groups excluding carboxylic acids is 1. The number of hydrogen-bond donors (Lipinski definition) is 1. The van der Waals surface area contributed by atoms with Crippen LogP contribution in [0.2, 0.25) is 0 Å². The van der Waals surface area contributed by atoms with Gasteiger partial charge in [-0.1, -0.05) is 290 Å². The second-order valence-corrected chi connectivity index (χ2v) is 18.3. The number of aliphatic hydroxyl groups is 1. The van der Waals surface area contributed by atoms with E-state index in [1.807, 2.05) is 0 Å². The van der Waals surface area contributed by atoms with E-state index in [4.69, 9.17) is 9.47 Å². The summed E-state index contributed by atoms with van der Waals surface area (Å²) in [7, 11) is 0. The Morgan fingerprint density at radius 1 is 0.351 bits per heavy atom. The van der Waals surface area contributed by atoms with E-state index in [9.17, 15) is 9.90 Å². The summed E-state index contributed by atoms with van der Waals surface area (Å²) in [5.41, 5.74) is 0. The summed E-state index contributed by atoms with van der Waals surface area (Å²) >= 11 is 0. The highest BCUT2D eigenvalue weighted by atomic mass is 16.6. The molecule has 0 saturated heterocycles. The molecule has 0 fully saturated rings. The van der Waals surface area contributed by atoms with Gasteiger partial charge in [0.05, 0.1) is 13.2 Å². The van der Waals surface area contributed by atoms with Crippen molar-refractivity contribution in [3.8, 4) is 0 Å². The Labute approximate surface area is 359 Å². The van der Waals surface area contributed by atoms with E-state index < -0.39 is 6.10 Å². The van der Waals surface area contributed by atoms with Gasteiger partial charge in [0.15, 0.2) is 0 Å². The van der Waals surface area contributed by atoms with Gasteiger partial charge in [0, 0.05) is 13.0 Å². The smallest absolute Gasteiger partial charge is 0.306 e.